The summed E-state index contributed by atoms with van der Waals surface area (Å²) in [4.78, 5) is 27.6. The second-order valence-electron chi connectivity index (χ2n) is 5.37. The summed E-state index contributed by atoms with van der Waals surface area (Å²) in [6.07, 6.45) is 1.48. The summed E-state index contributed by atoms with van der Waals surface area (Å²) >= 11 is 0. The molecule has 0 N–H and O–H groups in total. The van der Waals surface area contributed by atoms with E-state index in [0.29, 0.717) is 44.0 Å². The van der Waals surface area contributed by atoms with Crippen LogP contribution in [0.4, 0.5) is 4.79 Å². The van der Waals surface area contributed by atoms with Crippen molar-refractivity contribution in [3.05, 3.63) is 29.7 Å². The molecule has 0 radical (unpaired) electrons. The number of hydrogen-bond acceptors (Lipinski definition) is 5. The highest BCUT2D eigenvalue weighted by Gasteiger charge is 2.25. The summed E-state index contributed by atoms with van der Waals surface area (Å²) in [6.45, 7) is 5.95. The number of rotatable bonds is 2. The van der Waals surface area contributed by atoms with Crippen molar-refractivity contribution in [1.29, 1.82) is 0 Å². The first-order valence-corrected chi connectivity index (χ1v) is 7.62. The maximum Gasteiger partial charge on any atom is 0.409 e. The van der Waals surface area contributed by atoms with Crippen LogP contribution in [0.5, 0.6) is 0 Å². The lowest BCUT2D eigenvalue weighted by atomic mass is 10.2. The lowest BCUT2D eigenvalue weighted by Crippen LogP contribution is -2.50. The van der Waals surface area contributed by atoms with Crippen molar-refractivity contribution < 1.29 is 14.3 Å². The maximum absolute atomic E-state index is 12.6. The maximum atomic E-state index is 12.6. The van der Waals surface area contributed by atoms with Gasteiger partial charge in [-0.05, 0) is 26.0 Å². The standard InChI is InChI=1S/C15H19N5O3/c1-3-23-15(22)19-8-6-18(7-9-19)14(21)12-4-5-20-11(2)16-17-13(20)10-12/h4-5,10H,3,6-9H2,1-2H3. The molecule has 0 aliphatic carbocycles. The van der Waals surface area contributed by atoms with E-state index in [9.17, 15) is 9.59 Å². The first kappa shape index (κ1) is 15.3. The molecular weight excluding hydrogens is 298 g/mol. The molecule has 1 aliphatic rings. The predicted octanol–water partition coefficient (Wildman–Crippen LogP) is 0.952. The highest BCUT2D eigenvalue weighted by molar-refractivity contribution is 5.95. The zero-order valence-corrected chi connectivity index (χ0v) is 13.2. The van der Waals surface area contributed by atoms with Crippen LogP contribution >= 0.6 is 0 Å². The van der Waals surface area contributed by atoms with Crippen LogP contribution < -0.4 is 0 Å². The second-order valence-corrected chi connectivity index (χ2v) is 5.37. The lowest BCUT2D eigenvalue weighted by molar-refractivity contribution is 0.0570. The molecule has 8 heteroatoms. The molecule has 3 heterocycles. The zero-order valence-electron chi connectivity index (χ0n) is 13.2. The summed E-state index contributed by atoms with van der Waals surface area (Å²) in [5, 5.41) is 8.02. The number of nitrogens with zero attached hydrogens (tertiary/aromatic N) is 5. The summed E-state index contributed by atoms with van der Waals surface area (Å²) in [5.41, 5.74) is 1.23. The molecule has 122 valence electrons. The lowest BCUT2D eigenvalue weighted by Gasteiger charge is -2.34. The molecule has 2 aromatic rings. The minimum Gasteiger partial charge on any atom is -0.450 e. The van der Waals surface area contributed by atoms with Gasteiger partial charge < -0.3 is 14.5 Å². The SMILES string of the molecule is CCOC(=O)N1CCN(C(=O)c2ccn3c(C)nnc3c2)CC1. The Labute approximate surface area is 133 Å². The van der Waals surface area contributed by atoms with E-state index in [1.807, 2.05) is 11.3 Å². The molecule has 0 bridgehead atoms. The Morgan fingerprint density at radius 3 is 2.57 bits per heavy atom. The normalized spacial score (nSPS) is 15.0. The van der Waals surface area contributed by atoms with Crippen molar-refractivity contribution in [3.8, 4) is 0 Å². The van der Waals surface area contributed by atoms with Gasteiger partial charge in [0.15, 0.2) is 5.65 Å². The van der Waals surface area contributed by atoms with Gasteiger partial charge in [0, 0.05) is 37.9 Å². The molecule has 23 heavy (non-hydrogen) atoms. The fourth-order valence-corrected chi connectivity index (χ4v) is 2.63. The van der Waals surface area contributed by atoms with Gasteiger partial charge in [-0.3, -0.25) is 9.20 Å². The smallest absolute Gasteiger partial charge is 0.409 e. The fourth-order valence-electron chi connectivity index (χ4n) is 2.63. The minimum absolute atomic E-state index is 0.0586. The summed E-state index contributed by atoms with van der Waals surface area (Å²) in [6, 6.07) is 3.50. The van der Waals surface area contributed by atoms with Crippen LogP contribution in [0, 0.1) is 6.92 Å². The predicted molar refractivity (Wildman–Crippen MR) is 82.2 cm³/mol. The van der Waals surface area contributed by atoms with E-state index < -0.39 is 0 Å². The number of amides is 2. The van der Waals surface area contributed by atoms with Gasteiger partial charge in [-0.2, -0.15) is 0 Å². The Morgan fingerprint density at radius 1 is 1.17 bits per heavy atom. The van der Waals surface area contributed by atoms with Crippen LogP contribution in [0.25, 0.3) is 5.65 Å². The third-order valence-electron chi connectivity index (χ3n) is 3.92. The van der Waals surface area contributed by atoms with Crippen molar-refractivity contribution in [3.63, 3.8) is 0 Å². The average Bonchev–Trinajstić information content (AvgIpc) is 2.95. The molecule has 0 atom stereocenters. The van der Waals surface area contributed by atoms with E-state index in [-0.39, 0.29) is 12.0 Å². The average molecular weight is 317 g/mol. The van der Waals surface area contributed by atoms with E-state index in [1.165, 1.54) is 0 Å². The van der Waals surface area contributed by atoms with Gasteiger partial charge in [-0.1, -0.05) is 0 Å². The van der Waals surface area contributed by atoms with Crippen LogP contribution in [0.3, 0.4) is 0 Å². The number of carbonyl (C=O) groups excluding carboxylic acids is 2. The van der Waals surface area contributed by atoms with Crippen LogP contribution in [0.2, 0.25) is 0 Å². The molecule has 0 unspecified atom stereocenters. The monoisotopic (exact) mass is 317 g/mol. The Hall–Kier alpha value is -2.64. The molecule has 2 aromatic heterocycles. The van der Waals surface area contributed by atoms with Crippen molar-refractivity contribution in [2.75, 3.05) is 32.8 Å². The van der Waals surface area contributed by atoms with E-state index in [4.69, 9.17) is 4.74 Å². The molecule has 1 fully saturated rings. The molecule has 3 rings (SSSR count). The highest BCUT2D eigenvalue weighted by atomic mass is 16.6. The largest absolute Gasteiger partial charge is 0.450 e. The van der Waals surface area contributed by atoms with Gasteiger partial charge in [0.25, 0.3) is 5.91 Å². The Balaban J connectivity index is 1.67. The van der Waals surface area contributed by atoms with E-state index >= 15 is 0 Å². The van der Waals surface area contributed by atoms with Gasteiger partial charge in [0.1, 0.15) is 5.82 Å². The number of piperazine rings is 1. The van der Waals surface area contributed by atoms with Gasteiger partial charge in [-0.15, -0.1) is 10.2 Å². The molecule has 1 aliphatic heterocycles. The third-order valence-corrected chi connectivity index (χ3v) is 3.92. The quantitative estimate of drug-likeness (QED) is 0.824. The van der Waals surface area contributed by atoms with Gasteiger partial charge in [0.05, 0.1) is 6.61 Å². The van der Waals surface area contributed by atoms with E-state index in [0.717, 1.165) is 5.82 Å². The first-order valence-electron chi connectivity index (χ1n) is 7.62. The van der Waals surface area contributed by atoms with Gasteiger partial charge >= 0.3 is 6.09 Å². The summed E-state index contributed by atoms with van der Waals surface area (Å²) < 4.78 is 6.81. The van der Waals surface area contributed by atoms with Gasteiger partial charge in [0.2, 0.25) is 0 Å². The first-order chi connectivity index (χ1) is 11.1. The number of ether oxygens (including phenoxy) is 1. The molecule has 0 spiro atoms. The van der Waals surface area contributed by atoms with Crippen LogP contribution in [0.15, 0.2) is 18.3 Å². The molecule has 8 nitrogen and oxygen atoms in total. The number of aryl methyl sites for hydroxylation is 1. The molecule has 0 saturated carbocycles. The molecular formula is C15H19N5O3. The Bertz CT molecular complexity index is 734. The van der Waals surface area contributed by atoms with Crippen molar-refractivity contribution in [2.45, 2.75) is 13.8 Å². The summed E-state index contributed by atoms with van der Waals surface area (Å²) in [7, 11) is 0. The third kappa shape index (κ3) is 2.96. The Kier molecular flexibility index (Phi) is 4.14. The van der Waals surface area contributed by atoms with Crippen LogP contribution in [-0.2, 0) is 4.74 Å². The number of pyridine rings is 1. The summed E-state index contributed by atoms with van der Waals surface area (Å²) in [5.74, 6) is 0.721. The molecule has 1 saturated heterocycles. The highest BCUT2D eigenvalue weighted by Crippen LogP contribution is 2.12. The van der Waals surface area contributed by atoms with Crippen molar-refractivity contribution in [2.24, 2.45) is 0 Å². The van der Waals surface area contributed by atoms with Crippen molar-refractivity contribution >= 4 is 17.6 Å². The molecule has 2 amide bonds. The zero-order chi connectivity index (χ0) is 16.4. The van der Waals surface area contributed by atoms with Crippen LogP contribution in [0.1, 0.15) is 23.1 Å². The number of hydrogen-bond donors (Lipinski definition) is 0. The topological polar surface area (TPSA) is 80.0 Å². The van der Waals surface area contributed by atoms with E-state index in [2.05, 4.69) is 10.2 Å². The number of aromatic nitrogens is 3. The number of fused-ring (bicyclic) bond motifs is 1. The van der Waals surface area contributed by atoms with E-state index in [1.54, 1.807) is 35.1 Å². The van der Waals surface area contributed by atoms with Gasteiger partial charge in [-0.25, -0.2) is 4.79 Å². The number of carbonyl (C=O) groups is 2. The van der Waals surface area contributed by atoms with Crippen molar-refractivity contribution in [1.82, 2.24) is 24.4 Å². The Morgan fingerprint density at radius 2 is 1.87 bits per heavy atom. The van der Waals surface area contributed by atoms with Crippen LogP contribution in [-0.4, -0.2) is 69.2 Å². The molecule has 0 aromatic carbocycles. The fraction of sp³-hybridized carbons (Fsp3) is 0.467. The minimum atomic E-state index is -0.319. The second kappa shape index (κ2) is 6.23.